The Morgan fingerprint density at radius 3 is 2.10 bits per heavy atom. The fraction of sp³-hybridized carbons (Fsp3) is 0.357. The van der Waals surface area contributed by atoms with Gasteiger partial charge in [-0.2, -0.15) is 0 Å². The minimum absolute atomic E-state index is 0.0803. The largest absolute Gasteiger partial charge is 0.507 e. The van der Waals surface area contributed by atoms with E-state index in [1.54, 1.807) is 13.2 Å². The molecule has 0 amide bonds. The van der Waals surface area contributed by atoms with Crippen LogP contribution < -0.4 is 4.74 Å². The van der Waals surface area contributed by atoms with Crippen LogP contribution in [0.4, 0.5) is 0 Å². The van der Waals surface area contributed by atoms with E-state index >= 15 is 0 Å². The molecular weight excluding hydrogens is 368 g/mol. The van der Waals surface area contributed by atoms with Crippen molar-refractivity contribution in [2.24, 2.45) is 0 Å². The third kappa shape index (κ3) is 3.29. The molecule has 0 spiro atoms. The van der Waals surface area contributed by atoms with E-state index in [2.05, 4.69) is 65.8 Å². The highest BCUT2D eigenvalue weighted by Gasteiger charge is 2.32. The zero-order valence-electron chi connectivity index (χ0n) is 19.2. The highest BCUT2D eigenvalue weighted by atomic mass is 16.5. The summed E-state index contributed by atoms with van der Waals surface area (Å²) in [5.41, 5.74) is 9.54. The van der Waals surface area contributed by atoms with Gasteiger partial charge in [0.2, 0.25) is 0 Å². The van der Waals surface area contributed by atoms with Crippen molar-refractivity contribution < 1.29 is 9.84 Å². The average molecular weight is 401 g/mol. The number of hydrogen-bond acceptors (Lipinski definition) is 2. The van der Waals surface area contributed by atoms with Gasteiger partial charge < -0.3 is 9.84 Å². The molecule has 0 radical (unpaired) electrons. The molecule has 0 heterocycles. The van der Waals surface area contributed by atoms with E-state index in [4.69, 9.17) is 4.74 Å². The van der Waals surface area contributed by atoms with Gasteiger partial charge in [-0.1, -0.05) is 77.9 Å². The molecule has 0 aliphatic heterocycles. The number of fused-ring (bicyclic) bond motifs is 3. The van der Waals surface area contributed by atoms with Gasteiger partial charge in [-0.15, -0.1) is 0 Å². The van der Waals surface area contributed by atoms with Crippen molar-refractivity contribution in [3.8, 4) is 33.8 Å². The summed E-state index contributed by atoms with van der Waals surface area (Å²) in [6, 6.07) is 16.7. The van der Waals surface area contributed by atoms with Crippen LogP contribution in [0.1, 0.15) is 63.8 Å². The molecule has 3 aromatic rings. The van der Waals surface area contributed by atoms with Gasteiger partial charge in [0.25, 0.3) is 0 Å². The molecule has 156 valence electrons. The minimum atomic E-state index is -0.0920. The van der Waals surface area contributed by atoms with Crippen LogP contribution in [0.5, 0.6) is 11.5 Å². The third-order valence-electron chi connectivity index (χ3n) is 6.21. The molecule has 0 atom stereocenters. The zero-order chi connectivity index (χ0) is 21.8. The van der Waals surface area contributed by atoms with Crippen LogP contribution in [0.15, 0.2) is 48.5 Å². The van der Waals surface area contributed by atoms with E-state index in [0.29, 0.717) is 5.75 Å². The molecule has 4 rings (SSSR count). The molecule has 30 heavy (non-hydrogen) atoms. The Hall–Kier alpha value is -2.74. The number of rotatable bonds is 2. The molecule has 0 saturated carbocycles. The van der Waals surface area contributed by atoms with Gasteiger partial charge in [0, 0.05) is 11.1 Å². The van der Waals surface area contributed by atoms with E-state index in [9.17, 15) is 5.11 Å². The number of phenolic OH excluding ortho intramolecular Hbond substituents is 1. The molecule has 0 saturated heterocycles. The highest BCUT2D eigenvalue weighted by Crippen LogP contribution is 2.52. The van der Waals surface area contributed by atoms with Gasteiger partial charge in [0.05, 0.1) is 7.11 Å². The lowest BCUT2D eigenvalue weighted by molar-refractivity contribution is 0.414. The van der Waals surface area contributed by atoms with E-state index < -0.39 is 0 Å². The first-order chi connectivity index (χ1) is 14.0. The topological polar surface area (TPSA) is 29.5 Å². The van der Waals surface area contributed by atoms with Crippen LogP contribution in [0, 0.1) is 0 Å². The maximum atomic E-state index is 10.7. The second-order valence-electron chi connectivity index (χ2n) is 10.4. The quantitative estimate of drug-likeness (QED) is 0.384. The number of benzene rings is 3. The summed E-state index contributed by atoms with van der Waals surface area (Å²) in [6.07, 6.45) is 0.846. The number of ether oxygens (including phenoxy) is 1. The molecule has 2 nitrogen and oxygen atoms in total. The summed E-state index contributed by atoms with van der Waals surface area (Å²) < 4.78 is 5.93. The summed E-state index contributed by atoms with van der Waals surface area (Å²) in [5.74, 6) is 1.24. The normalized spacial score (nSPS) is 13.2. The SMILES string of the molecule is COc1cc(C(C)(C)C)c(-c2ccccc2O)c2c1-c1cc(C(C)(C)C)ccc1C2. The molecule has 2 heteroatoms. The van der Waals surface area contributed by atoms with Gasteiger partial charge in [-0.3, -0.25) is 0 Å². The number of aromatic hydroxyl groups is 1. The average Bonchev–Trinajstić information content (AvgIpc) is 3.05. The fourth-order valence-electron chi connectivity index (χ4n) is 4.55. The Morgan fingerprint density at radius 1 is 0.800 bits per heavy atom. The molecule has 1 aliphatic carbocycles. The summed E-state index contributed by atoms with van der Waals surface area (Å²) in [6.45, 7) is 13.4. The van der Waals surface area contributed by atoms with Crippen molar-refractivity contribution in [3.63, 3.8) is 0 Å². The lowest BCUT2D eigenvalue weighted by atomic mass is 9.78. The number of hydrogen-bond donors (Lipinski definition) is 1. The van der Waals surface area contributed by atoms with Crippen LogP contribution in [-0.2, 0) is 17.3 Å². The number of methoxy groups -OCH3 is 1. The van der Waals surface area contributed by atoms with Gasteiger partial charge >= 0.3 is 0 Å². The van der Waals surface area contributed by atoms with Crippen LogP contribution in [0.2, 0.25) is 0 Å². The molecule has 0 fully saturated rings. The highest BCUT2D eigenvalue weighted by molar-refractivity contribution is 5.92. The molecule has 0 bridgehead atoms. The molecule has 3 aromatic carbocycles. The number of phenols is 1. The third-order valence-corrected chi connectivity index (χ3v) is 6.21. The Bertz CT molecular complexity index is 1120. The van der Waals surface area contributed by atoms with Crippen LogP contribution in [-0.4, -0.2) is 12.2 Å². The Morgan fingerprint density at radius 2 is 1.50 bits per heavy atom. The van der Waals surface area contributed by atoms with Gasteiger partial charge in [-0.05, 0) is 62.8 Å². The second kappa shape index (κ2) is 6.91. The standard InChI is InChI=1S/C28H32O2/c1-27(2,3)18-13-12-17-14-21-25(19-10-8-9-11-23(19)29)22(28(4,5)6)16-24(30-7)26(21)20(17)15-18/h8-13,15-16,29H,14H2,1-7H3. The van der Waals surface area contributed by atoms with Crippen LogP contribution in [0.3, 0.4) is 0 Å². The van der Waals surface area contributed by atoms with Crippen molar-refractivity contribution >= 4 is 0 Å². The van der Waals surface area contributed by atoms with E-state index in [1.807, 2.05) is 18.2 Å². The van der Waals surface area contributed by atoms with Crippen LogP contribution in [0.25, 0.3) is 22.3 Å². The second-order valence-corrected chi connectivity index (χ2v) is 10.4. The first-order valence-electron chi connectivity index (χ1n) is 10.7. The Labute approximate surface area is 180 Å². The predicted molar refractivity (Wildman–Crippen MR) is 126 cm³/mol. The zero-order valence-corrected chi connectivity index (χ0v) is 19.2. The summed E-state index contributed by atoms with van der Waals surface area (Å²) in [7, 11) is 1.76. The van der Waals surface area contributed by atoms with E-state index in [0.717, 1.165) is 23.3 Å². The first-order valence-corrected chi connectivity index (χ1v) is 10.7. The Kier molecular flexibility index (Phi) is 4.73. The maximum absolute atomic E-state index is 10.7. The fourth-order valence-corrected chi connectivity index (χ4v) is 4.55. The van der Waals surface area contributed by atoms with Crippen molar-refractivity contribution in [1.82, 2.24) is 0 Å². The summed E-state index contributed by atoms with van der Waals surface area (Å²) in [4.78, 5) is 0. The number of para-hydroxylation sites is 1. The van der Waals surface area contributed by atoms with Crippen molar-refractivity contribution in [2.75, 3.05) is 7.11 Å². The monoisotopic (exact) mass is 400 g/mol. The molecule has 1 N–H and O–H groups in total. The molecule has 1 aliphatic rings. The van der Waals surface area contributed by atoms with E-state index in [-0.39, 0.29) is 10.8 Å². The van der Waals surface area contributed by atoms with Crippen molar-refractivity contribution in [2.45, 2.75) is 58.8 Å². The van der Waals surface area contributed by atoms with Crippen molar-refractivity contribution in [1.29, 1.82) is 0 Å². The first kappa shape index (κ1) is 20.5. The molecule has 0 aromatic heterocycles. The van der Waals surface area contributed by atoms with Gasteiger partial charge in [-0.25, -0.2) is 0 Å². The van der Waals surface area contributed by atoms with Crippen LogP contribution >= 0.6 is 0 Å². The summed E-state index contributed by atoms with van der Waals surface area (Å²) in [5, 5.41) is 10.7. The smallest absolute Gasteiger partial charge is 0.127 e. The lowest BCUT2D eigenvalue weighted by Crippen LogP contribution is -2.14. The predicted octanol–water partition coefficient (Wildman–Crippen LogP) is 7.23. The van der Waals surface area contributed by atoms with Crippen molar-refractivity contribution in [3.05, 3.63) is 70.8 Å². The van der Waals surface area contributed by atoms with E-state index in [1.165, 1.54) is 33.4 Å². The minimum Gasteiger partial charge on any atom is -0.507 e. The Balaban J connectivity index is 2.09. The lowest BCUT2D eigenvalue weighted by Gasteiger charge is -2.27. The summed E-state index contributed by atoms with van der Waals surface area (Å²) >= 11 is 0. The molecule has 0 unspecified atom stereocenters. The maximum Gasteiger partial charge on any atom is 0.127 e. The van der Waals surface area contributed by atoms with Gasteiger partial charge in [0.1, 0.15) is 11.5 Å². The van der Waals surface area contributed by atoms with Gasteiger partial charge in [0.15, 0.2) is 0 Å². The molecular formula is C28H32O2.